The number of rotatable bonds is 9. The van der Waals surface area contributed by atoms with Gasteiger partial charge >= 0.3 is 0 Å². The number of hydrogen-bond donors (Lipinski definition) is 1. The fourth-order valence-electron chi connectivity index (χ4n) is 3.85. The molecule has 170 valence electrons. The van der Waals surface area contributed by atoms with Gasteiger partial charge in [-0.25, -0.2) is 4.39 Å². The molecule has 1 saturated carbocycles. The topological polar surface area (TPSA) is 71.3 Å². The first-order chi connectivity index (χ1) is 15.4. The number of ether oxygens (including phenoxy) is 2. The molecule has 1 aliphatic rings. The molecule has 0 bridgehead atoms. The molecule has 0 unspecified atom stereocenters. The third-order valence-corrected chi connectivity index (χ3v) is 5.94. The van der Waals surface area contributed by atoms with Crippen LogP contribution in [0.2, 0.25) is 0 Å². The Morgan fingerprint density at radius 3 is 2.31 bits per heavy atom. The van der Waals surface area contributed by atoms with E-state index in [9.17, 15) is 9.18 Å². The Morgan fingerprint density at radius 1 is 1.06 bits per heavy atom. The molecule has 1 fully saturated rings. The molecule has 0 atom stereocenters. The molecule has 3 rings (SSSR count). The third kappa shape index (κ3) is 6.98. The molecule has 32 heavy (non-hydrogen) atoms. The van der Waals surface area contributed by atoms with Crippen LogP contribution in [0.25, 0.3) is 0 Å². The minimum absolute atomic E-state index is 0.0655. The van der Waals surface area contributed by atoms with E-state index in [1.165, 1.54) is 12.1 Å². The SMILES string of the molecule is CC(C)(CCCOc1ccc(F)cc1)C(=O)N[C@H]1CC[C@H](Oc2ccc(C#N)cc2)CC1. The van der Waals surface area contributed by atoms with Gasteiger partial charge in [0, 0.05) is 11.5 Å². The number of nitrogens with one attached hydrogen (secondary N) is 1. The maximum Gasteiger partial charge on any atom is 0.225 e. The fourth-order valence-corrected chi connectivity index (χ4v) is 3.85. The normalized spacial score (nSPS) is 18.4. The maximum atomic E-state index is 12.9. The molecule has 0 saturated heterocycles. The van der Waals surface area contributed by atoms with Crippen LogP contribution in [-0.4, -0.2) is 24.7 Å². The van der Waals surface area contributed by atoms with Crippen LogP contribution in [-0.2, 0) is 4.79 Å². The molecule has 5 nitrogen and oxygen atoms in total. The molecule has 2 aromatic carbocycles. The Kier molecular flexibility index (Phi) is 8.10. The summed E-state index contributed by atoms with van der Waals surface area (Å²) in [5.41, 5.74) is 0.135. The highest BCUT2D eigenvalue weighted by Gasteiger charge is 2.31. The van der Waals surface area contributed by atoms with E-state index in [1.807, 2.05) is 26.0 Å². The fraction of sp³-hybridized carbons (Fsp3) is 0.462. The van der Waals surface area contributed by atoms with Gasteiger partial charge in [-0.1, -0.05) is 13.8 Å². The van der Waals surface area contributed by atoms with Gasteiger partial charge in [0.05, 0.1) is 24.3 Å². The van der Waals surface area contributed by atoms with Crippen molar-refractivity contribution in [3.05, 3.63) is 59.9 Å². The third-order valence-electron chi connectivity index (χ3n) is 5.94. The summed E-state index contributed by atoms with van der Waals surface area (Å²) in [4.78, 5) is 12.8. The van der Waals surface area contributed by atoms with Crippen LogP contribution >= 0.6 is 0 Å². The summed E-state index contributed by atoms with van der Waals surface area (Å²) in [5.74, 6) is 1.19. The zero-order valence-corrected chi connectivity index (χ0v) is 18.8. The number of nitriles is 1. The van der Waals surface area contributed by atoms with Crippen molar-refractivity contribution in [2.75, 3.05) is 6.61 Å². The first-order valence-corrected chi connectivity index (χ1v) is 11.2. The predicted octanol–water partition coefficient (Wildman–Crippen LogP) is 5.39. The molecule has 1 amide bonds. The van der Waals surface area contributed by atoms with Crippen molar-refractivity contribution in [3.63, 3.8) is 0 Å². The first kappa shape index (κ1) is 23.6. The van der Waals surface area contributed by atoms with E-state index in [2.05, 4.69) is 11.4 Å². The lowest BCUT2D eigenvalue weighted by Crippen LogP contribution is -2.45. The highest BCUT2D eigenvalue weighted by atomic mass is 19.1. The molecule has 6 heteroatoms. The van der Waals surface area contributed by atoms with Crippen molar-refractivity contribution in [1.29, 1.82) is 5.26 Å². The second kappa shape index (κ2) is 11.0. The zero-order chi connectivity index (χ0) is 23.0. The Bertz CT molecular complexity index is 912. The molecule has 0 spiro atoms. The number of carbonyl (C=O) groups excluding carboxylic acids is 1. The van der Waals surface area contributed by atoms with Crippen LogP contribution in [0.5, 0.6) is 11.5 Å². The highest BCUT2D eigenvalue weighted by molar-refractivity contribution is 5.82. The molecule has 0 heterocycles. The number of nitrogens with zero attached hydrogens (tertiary/aromatic N) is 1. The molecule has 2 aromatic rings. The first-order valence-electron chi connectivity index (χ1n) is 11.2. The van der Waals surface area contributed by atoms with Crippen LogP contribution in [0.4, 0.5) is 4.39 Å². The van der Waals surface area contributed by atoms with Gasteiger partial charge in [-0.3, -0.25) is 4.79 Å². The summed E-state index contributed by atoms with van der Waals surface area (Å²) < 4.78 is 24.6. The van der Waals surface area contributed by atoms with Gasteiger partial charge in [0.15, 0.2) is 0 Å². The molecule has 0 aromatic heterocycles. The molecule has 0 radical (unpaired) electrons. The lowest BCUT2D eigenvalue weighted by Gasteiger charge is -2.32. The highest BCUT2D eigenvalue weighted by Crippen LogP contribution is 2.27. The van der Waals surface area contributed by atoms with E-state index in [-0.39, 0.29) is 23.9 Å². The van der Waals surface area contributed by atoms with Gasteiger partial charge < -0.3 is 14.8 Å². The lowest BCUT2D eigenvalue weighted by atomic mass is 9.85. The minimum Gasteiger partial charge on any atom is -0.494 e. The van der Waals surface area contributed by atoms with Crippen LogP contribution < -0.4 is 14.8 Å². The standard InChI is InChI=1S/C26H31FN2O3/c1-26(2,16-3-17-31-22-12-6-20(27)7-13-22)25(30)29-21-8-14-24(15-9-21)32-23-10-4-19(18-28)5-11-23/h4-7,10-13,21,24H,3,8-9,14-17H2,1-2H3,(H,29,30)/t21-,24-. The Labute approximate surface area is 189 Å². The monoisotopic (exact) mass is 438 g/mol. The summed E-state index contributed by atoms with van der Waals surface area (Å²) >= 11 is 0. The predicted molar refractivity (Wildman–Crippen MR) is 121 cm³/mol. The number of halogens is 1. The van der Waals surface area contributed by atoms with Crippen LogP contribution in [0.15, 0.2) is 48.5 Å². The summed E-state index contributed by atoms with van der Waals surface area (Å²) in [6.45, 7) is 4.40. The lowest BCUT2D eigenvalue weighted by molar-refractivity contribution is -0.130. The van der Waals surface area contributed by atoms with E-state index in [0.29, 0.717) is 24.3 Å². The van der Waals surface area contributed by atoms with Gasteiger partial charge in [-0.15, -0.1) is 0 Å². The number of hydrogen-bond acceptors (Lipinski definition) is 4. The van der Waals surface area contributed by atoms with Crippen LogP contribution in [0.1, 0.15) is 57.9 Å². The Balaban J connectivity index is 1.36. The van der Waals surface area contributed by atoms with Crippen molar-refractivity contribution >= 4 is 5.91 Å². The van der Waals surface area contributed by atoms with Crippen molar-refractivity contribution in [2.24, 2.45) is 5.41 Å². The van der Waals surface area contributed by atoms with Crippen LogP contribution in [0.3, 0.4) is 0 Å². The second-order valence-corrected chi connectivity index (χ2v) is 8.99. The average molecular weight is 439 g/mol. The summed E-state index contributed by atoms with van der Waals surface area (Å²) in [6.07, 6.45) is 5.12. The van der Waals surface area contributed by atoms with Gasteiger partial charge in [-0.05, 0) is 87.1 Å². The largest absolute Gasteiger partial charge is 0.494 e. The summed E-state index contributed by atoms with van der Waals surface area (Å²) in [5, 5.41) is 12.1. The summed E-state index contributed by atoms with van der Waals surface area (Å²) in [7, 11) is 0. The molecule has 0 aliphatic heterocycles. The second-order valence-electron chi connectivity index (χ2n) is 8.99. The van der Waals surface area contributed by atoms with E-state index < -0.39 is 5.41 Å². The smallest absolute Gasteiger partial charge is 0.225 e. The van der Waals surface area contributed by atoms with Gasteiger partial charge in [0.2, 0.25) is 5.91 Å². The average Bonchev–Trinajstić information content (AvgIpc) is 2.79. The van der Waals surface area contributed by atoms with E-state index in [0.717, 1.165) is 37.9 Å². The minimum atomic E-state index is -0.484. The van der Waals surface area contributed by atoms with Gasteiger partial charge in [-0.2, -0.15) is 5.26 Å². The number of carbonyl (C=O) groups is 1. The van der Waals surface area contributed by atoms with Crippen molar-refractivity contribution < 1.29 is 18.7 Å². The Morgan fingerprint density at radius 2 is 1.69 bits per heavy atom. The molecular weight excluding hydrogens is 407 g/mol. The zero-order valence-electron chi connectivity index (χ0n) is 18.8. The van der Waals surface area contributed by atoms with Gasteiger partial charge in [0.25, 0.3) is 0 Å². The molecule has 1 N–H and O–H groups in total. The van der Waals surface area contributed by atoms with Gasteiger partial charge in [0.1, 0.15) is 17.3 Å². The Hall–Kier alpha value is -3.07. The number of benzene rings is 2. The number of amides is 1. The molecule has 1 aliphatic carbocycles. The van der Waals surface area contributed by atoms with E-state index in [4.69, 9.17) is 14.7 Å². The molecular formula is C26H31FN2O3. The quantitative estimate of drug-likeness (QED) is 0.533. The van der Waals surface area contributed by atoms with Crippen LogP contribution in [0, 0.1) is 22.6 Å². The van der Waals surface area contributed by atoms with E-state index in [1.54, 1.807) is 24.3 Å². The summed E-state index contributed by atoms with van der Waals surface area (Å²) in [6, 6.07) is 15.4. The van der Waals surface area contributed by atoms with Crippen molar-refractivity contribution in [2.45, 2.75) is 64.5 Å². The van der Waals surface area contributed by atoms with E-state index >= 15 is 0 Å². The van der Waals surface area contributed by atoms with Crippen molar-refractivity contribution in [3.8, 4) is 17.6 Å². The van der Waals surface area contributed by atoms with Crippen molar-refractivity contribution in [1.82, 2.24) is 5.32 Å². The maximum absolute atomic E-state index is 12.9.